The number of likely N-dealkylation sites (tertiary alicyclic amines) is 1. The van der Waals surface area contributed by atoms with E-state index >= 15 is 0 Å². The molecule has 0 saturated carbocycles. The molecule has 2 aliphatic rings. The van der Waals surface area contributed by atoms with Crippen LogP contribution in [-0.2, 0) is 6.54 Å². The molecule has 4 nitrogen and oxygen atoms in total. The average molecular weight is 344 g/mol. The van der Waals surface area contributed by atoms with Crippen molar-refractivity contribution in [2.75, 3.05) is 31.1 Å². The van der Waals surface area contributed by atoms with Crippen molar-refractivity contribution < 1.29 is 8.78 Å². The third-order valence-electron chi connectivity index (χ3n) is 5.40. The van der Waals surface area contributed by atoms with E-state index in [0.29, 0.717) is 6.54 Å². The summed E-state index contributed by atoms with van der Waals surface area (Å²) in [5, 5.41) is 0. The lowest BCUT2D eigenvalue weighted by Gasteiger charge is -2.40. The molecule has 3 heterocycles. The van der Waals surface area contributed by atoms with Crippen LogP contribution in [0.2, 0.25) is 0 Å². The van der Waals surface area contributed by atoms with Gasteiger partial charge >= 0.3 is 0 Å². The highest BCUT2D eigenvalue weighted by atomic mass is 19.2. The van der Waals surface area contributed by atoms with Gasteiger partial charge in [0.15, 0.2) is 11.6 Å². The van der Waals surface area contributed by atoms with Crippen LogP contribution in [0, 0.1) is 17.0 Å². The van der Waals surface area contributed by atoms with Crippen LogP contribution in [-0.4, -0.2) is 41.0 Å². The number of halogens is 2. The van der Waals surface area contributed by atoms with Gasteiger partial charge in [-0.25, -0.2) is 18.7 Å². The molecule has 6 heteroatoms. The Morgan fingerprint density at radius 3 is 2.64 bits per heavy atom. The Balaban J connectivity index is 1.43. The Hall–Kier alpha value is -2.08. The van der Waals surface area contributed by atoms with E-state index in [1.54, 1.807) is 18.5 Å². The molecule has 1 aromatic heterocycles. The Labute approximate surface area is 146 Å². The highest BCUT2D eigenvalue weighted by Crippen LogP contribution is 2.40. The van der Waals surface area contributed by atoms with E-state index in [-0.39, 0.29) is 5.41 Å². The van der Waals surface area contributed by atoms with Crippen LogP contribution in [0.3, 0.4) is 0 Å². The fourth-order valence-electron chi connectivity index (χ4n) is 4.23. The molecule has 1 spiro atoms. The average Bonchev–Trinajstić information content (AvgIpc) is 3.02. The van der Waals surface area contributed by atoms with Gasteiger partial charge in [0.1, 0.15) is 0 Å². The Morgan fingerprint density at radius 1 is 1.00 bits per heavy atom. The van der Waals surface area contributed by atoms with Gasteiger partial charge in [0.2, 0.25) is 5.95 Å². The van der Waals surface area contributed by atoms with Crippen molar-refractivity contribution in [1.82, 2.24) is 14.9 Å². The monoisotopic (exact) mass is 344 g/mol. The second kappa shape index (κ2) is 6.67. The van der Waals surface area contributed by atoms with Crippen molar-refractivity contribution >= 4 is 5.95 Å². The van der Waals surface area contributed by atoms with Gasteiger partial charge in [0.25, 0.3) is 0 Å². The molecule has 0 N–H and O–H groups in total. The molecule has 1 unspecified atom stereocenters. The number of benzene rings is 1. The minimum Gasteiger partial charge on any atom is -0.340 e. The number of rotatable bonds is 3. The minimum atomic E-state index is -0.784. The number of anilines is 1. The van der Waals surface area contributed by atoms with Crippen LogP contribution in [0.25, 0.3) is 0 Å². The highest BCUT2D eigenvalue weighted by Gasteiger charge is 2.41. The van der Waals surface area contributed by atoms with Gasteiger partial charge in [-0.3, -0.25) is 4.90 Å². The summed E-state index contributed by atoms with van der Waals surface area (Å²) in [5.74, 6) is -0.747. The van der Waals surface area contributed by atoms with Gasteiger partial charge in [-0.1, -0.05) is 6.07 Å². The van der Waals surface area contributed by atoms with Crippen LogP contribution >= 0.6 is 0 Å². The standard InChI is InChI=1S/C19H22F2N4/c20-16-4-3-15(11-17(16)21)12-24-9-1-5-19(13-24)6-10-25(14-19)18-22-7-2-8-23-18/h2-4,7-8,11H,1,5-6,9-10,12-14H2. The zero-order valence-corrected chi connectivity index (χ0v) is 14.2. The van der Waals surface area contributed by atoms with E-state index in [4.69, 9.17) is 0 Å². The zero-order chi connectivity index (χ0) is 17.3. The smallest absolute Gasteiger partial charge is 0.225 e. The van der Waals surface area contributed by atoms with Crippen molar-refractivity contribution in [3.63, 3.8) is 0 Å². The van der Waals surface area contributed by atoms with Crippen LogP contribution in [0.4, 0.5) is 14.7 Å². The maximum absolute atomic E-state index is 13.5. The van der Waals surface area contributed by atoms with E-state index in [9.17, 15) is 8.78 Å². The second-order valence-corrected chi connectivity index (χ2v) is 7.28. The normalized spacial score (nSPS) is 24.2. The van der Waals surface area contributed by atoms with E-state index < -0.39 is 11.6 Å². The summed E-state index contributed by atoms with van der Waals surface area (Å²) in [7, 11) is 0. The minimum absolute atomic E-state index is 0.246. The molecule has 0 amide bonds. The summed E-state index contributed by atoms with van der Waals surface area (Å²) in [6.07, 6.45) is 7.02. The molecule has 0 aliphatic carbocycles. The van der Waals surface area contributed by atoms with E-state index in [0.717, 1.165) is 50.5 Å². The summed E-state index contributed by atoms with van der Waals surface area (Å²) in [6, 6.07) is 6.04. The van der Waals surface area contributed by atoms with Gasteiger partial charge < -0.3 is 4.90 Å². The molecule has 0 bridgehead atoms. The SMILES string of the molecule is Fc1ccc(CN2CCCC3(CCN(c4ncccn4)C3)C2)cc1F. The van der Waals surface area contributed by atoms with Crippen LogP contribution < -0.4 is 4.90 Å². The van der Waals surface area contributed by atoms with Gasteiger partial charge in [-0.15, -0.1) is 0 Å². The molecule has 2 saturated heterocycles. The number of hydrogen-bond acceptors (Lipinski definition) is 4. The maximum atomic E-state index is 13.5. The predicted octanol–water partition coefficient (Wildman–Crippen LogP) is 3.25. The van der Waals surface area contributed by atoms with Crippen molar-refractivity contribution in [3.8, 4) is 0 Å². The highest BCUT2D eigenvalue weighted by molar-refractivity contribution is 5.32. The fraction of sp³-hybridized carbons (Fsp3) is 0.474. The second-order valence-electron chi connectivity index (χ2n) is 7.28. The number of aromatic nitrogens is 2. The number of nitrogens with zero attached hydrogens (tertiary/aromatic N) is 4. The molecule has 132 valence electrons. The summed E-state index contributed by atoms with van der Waals surface area (Å²) in [5.41, 5.74) is 1.08. The first kappa shape index (κ1) is 16.4. The lowest BCUT2D eigenvalue weighted by Crippen LogP contribution is -2.44. The molecule has 25 heavy (non-hydrogen) atoms. The van der Waals surface area contributed by atoms with Crippen molar-refractivity contribution in [2.45, 2.75) is 25.8 Å². The first-order chi connectivity index (χ1) is 12.1. The van der Waals surface area contributed by atoms with Crippen molar-refractivity contribution in [1.29, 1.82) is 0 Å². The first-order valence-corrected chi connectivity index (χ1v) is 8.82. The van der Waals surface area contributed by atoms with Gasteiger partial charge in [0, 0.05) is 44.0 Å². The molecule has 0 radical (unpaired) electrons. The van der Waals surface area contributed by atoms with Gasteiger partial charge in [-0.05, 0) is 49.6 Å². The number of hydrogen-bond donors (Lipinski definition) is 0. The molecular weight excluding hydrogens is 322 g/mol. The van der Waals surface area contributed by atoms with E-state index in [1.165, 1.54) is 18.6 Å². The number of piperidine rings is 1. The molecule has 2 aliphatic heterocycles. The summed E-state index contributed by atoms with van der Waals surface area (Å²) in [6.45, 7) is 4.59. The quantitative estimate of drug-likeness (QED) is 0.856. The molecule has 2 aromatic rings. The summed E-state index contributed by atoms with van der Waals surface area (Å²) < 4.78 is 26.6. The van der Waals surface area contributed by atoms with Gasteiger partial charge in [-0.2, -0.15) is 0 Å². The van der Waals surface area contributed by atoms with Crippen molar-refractivity contribution in [3.05, 3.63) is 53.9 Å². The van der Waals surface area contributed by atoms with Crippen LogP contribution in [0.5, 0.6) is 0 Å². The lowest BCUT2D eigenvalue weighted by molar-refractivity contribution is 0.0990. The largest absolute Gasteiger partial charge is 0.340 e. The Kier molecular flexibility index (Phi) is 4.37. The fourth-order valence-corrected chi connectivity index (χ4v) is 4.23. The Morgan fingerprint density at radius 2 is 1.84 bits per heavy atom. The lowest BCUT2D eigenvalue weighted by atomic mass is 9.79. The topological polar surface area (TPSA) is 32.3 Å². The molecular formula is C19H22F2N4. The third-order valence-corrected chi connectivity index (χ3v) is 5.40. The van der Waals surface area contributed by atoms with Crippen LogP contribution in [0.1, 0.15) is 24.8 Å². The first-order valence-electron chi connectivity index (χ1n) is 8.82. The molecule has 2 fully saturated rings. The summed E-state index contributed by atoms with van der Waals surface area (Å²) >= 11 is 0. The van der Waals surface area contributed by atoms with E-state index in [2.05, 4.69) is 19.8 Å². The third kappa shape index (κ3) is 3.49. The van der Waals surface area contributed by atoms with Gasteiger partial charge in [0.05, 0.1) is 0 Å². The maximum Gasteiger partial charge on any atom is 0.225 e. The molecule has 1 aromatic carbocycles. The van der Waals surface area contributed by atoms with Crippen molar-refractivity contribution in [2.24, 2.45) is 5.41 Å². The Bertz CT molecular complexity index is 739. The molecule has 4 rings (SSSR count). The van der Waals surface area contributed by atoms with E-state index in [1.807, 2.05) is 6.07 Å². The van der Waals surface area contributed by atoms with Crippen LogP contribution in [0.15, 0.2) is 36.7 Å². The molecule has 1 atom stereocenters. The zero-order valence-electron chi connectivity index (χ0n) is 14.2. The predicted molar refractivity (Wildman–Crippen MR) is 92.2 cm³/mol. The summed E-state index contributed by atoms with van der Waals surface area (Å²) in [4.78, 5) is 13.4.